The number of H-pyrrole nitrogens is 1. The second kappa shape index (κ2) is 15.3. The monoisotopic (exact) mass is 559 g/mol. The van der Waals surface area contributed by atoms with Crippen molar-refractivity contribution in [1.29, 1.82) is 0 Å². The smallest absolute Gasteiger partial charge is 0.417 e. The summed E-state index contributed by atoms with van der Waals surface area (Å²) in [5.41, 5.74) is -0.687. The van der Waals surface area contributed by atoms with Crippen LogP contribution in [0.15, 0.2) is 48.6 Å². The number of ketones is 1. The summed E-state index contributed by atoms with van der Waals surface area (Å²) in [6.07, 6.45) is 3.19. The SMILES string of the molecule is C#CC.CCOC(=O)/C=C/C(CC1CCNC1=O)NC(=O)CCC(=O)c1ccc(-c2ccccc2C(F)(F)F)[nH]1. The molecule has 2 aromatic rings. The Morgan fingerprint density at radius 2 is 1.90 bits per heavy atom. The molecule has 0 radical (unpaired) electrons. The van der Waals surface area contributed by atoms with Crippen molar-refractivity contribution < 1.29 is 37.1 Å². The highest BCUT2D eigenvalue weighted by Crippen LogP contribution is 2.36. The highest BCUT2D eigenvalue weighted by Gasteiger charge is 2.33. The average molecular weight is 560 g/mol. The molecule has 8 nitrogen and oxygen atoms in total. The Kier molecular flexibility index (Phi) is 12.2. The van der Waals surface area contributed by atoms with Crippen molar-refractivity contribution in [2.45, 2.75) is 51.7 Å². The number of benzene rings is 1. The van der Waals surface area contributed by atoms with E-state index in [1.165, 1.54) is 42.5 Å². The first kappa shape index (κ1) is 31.9. The largest absolute Gasteiger partial charge is 0.463 e. The van der Waals surface area contributed by atoms with Crippen molar-refractivity contribution in [3.63, 3.8) is 0 Å². The number of halogens is 3. The van der Waals surface area contributed by atoms with Crippen molar-refractivity contribution in [3.8, 4) is 23.6 Å². The highest BCUT2D eigenvalue weighted by atomic mass is 19.4. The summed E-state index contributed by atoms with van der Waals surface area (Å²) in [4.78, 5) is 51.5. The van der Waals surface area contributed by atoms with Crippen LogP contribution in [0.1, 0.15) is 55.6 Å². The van der Waals surface area contributed by atoms with Crippen LogP contribution in [0, 0.1) is 18.3 Å². The van der Waals surface area contributed by atoms with Crippen LogP contribution in [-0.4, -0.2) is 47.7 Å². The third-order valence-electron chi connectivity index (χ3n) is 5.89. The molecule has 2 heterocycles. The molecule has 0 aliphatic carbocycles. The minimum Gasteiger partial charge on any atom is -0.463 e. The predicted octanol–water partition coefficient (Wildman–Crippen LogP) is 4.43. The molecule has 0 spiro atoms. The van der Waals surface area contributed by atoms with Gasteiger partial charge in [-0.1, -0.05) is 24.3 Å². The van der Waals surface area contributed by atoms with Gasteiger partial charge < -0.3 is 20.4 Å². The number of nitrogens with one attached hydrogen (secondary N) is 3. The maximum Gasteiger partial charge on any atom is 0.417 e. The Hall–Kier alpha value is -4.33. The molecule has 11 heteroatoms. The van der Waals surface area contributed by atoms with Crippen LogP contribution in [0.3, 0.4) is 0 Å². The standard InChI is InChI=1S/C26H28F3N3O5.C3H4/c1-2-37-24(35)12-7-17(15-16-13-14-30-25(16)36)31-23(34)11-10-22(33)21-9-8-20(32-21)18-5-3-4-6-19(18)26(27,28)29;1-3-2/h3-9,12,16-17,32H,2,10-11,13-15H2,1H3,(H,30,36)(H,31,34);1H,2H3/b12-7+;. The van der Waals surface area contributed by atoms with Crippen LogP contribution in [0.4, 0.5) is 13.2 Å². The molecule has 40 heavy (non-hydrogen) atoms. The number of terminal acetylenes is 1. The zero-order chi connectivity index (χ0) is 29.7. The first-order valence-corrected chi connectivity index (χ1v) is 12.7. The van der Waals surface area contributed by atoms with Crippen LogP contribution >= 0.6 is 0 Å². The van der Waals surface area contributed by atoms with Gasteiger partial charge in [0.2, 0.25) is 11.8 Å². The molecule has 2 unspecified atom stereocenters. The summed E-state index contributed by atoms with van der Waals surface area (Å²) in [6.45, 7) is 4.04. The van der Waals surface area contributed by atoms with Gasteiger partial charge in [0.15, 0.2) is 5.78 Å². The van der Waals surface area contributed by atoms with E-state index < -0.39 is 35.4 Å². The minimum absolute atomic E-state index is 0.0843. The number of carbonyl (C=O) groups excluding carboxylic acids is 4. The normalized spacial score (nSPS) is 15.4. The van der Waals surface area contributed by atoms with Gasteiger partial charge in [-0.05, 0) is 44.9 Å². The summed E-state index contributed by atoms with van der Waals surface area (Å²) in [7, 11) is 0. The van der Waals surface area contributed by atoms with E-state index in [-0.39, 0.29) is 54.6 Å². The molecule has 2 atom stereocenters. The van der Waals surface area contributed by atoms with E-state index in [0.717, 1.165) is 6.07 Å². The van der Waals surface area contributed by atoms with Gasteiger partial charge in [0, 0.05) is 48.7 Å². The van der Waals surface area contributed by atoms with E-state index in [1.54, 1.807) is 13.8 Å². The van der Waals surface area contributed by atoms with Crippen molar-refractivity contribution in [1.82, 2.24) is 15.6 Å². The molecule has 3 N–H and O–H groups in total. The van der Waals surface area contributed by atoms with Crippen molar-refractivity contribution in [2.24, 2.45) is 5.92 Å². The molecule has 1 aliphatic rings. The summed E-state index contributed by atoms with van der Waals surface area (Å²) in [5.74, 6) is 0.297. The van der Waals surface area contributed by atoms with Crippen molar-refractivity contribution in [2.75, 3.05) is 13.2 Å². The number of alkyl halides is 3. The number of rotatable bonds is 11. The van der Waals surface area contributed by atoms with E-state index >= 15 is 0 Å². The van der Waals surface area contributed by atoms with E-state index in [1.807, 2.05) is 0 Å². The van der Waals surface area contributed by atoms with Crippen molar-refractivity contribution in [3.05, 3.63) is 59.8 Å². The Morgan fingerprint density at radius 3 is 2.52 bits per heavy atom. The summed E-state index contributed by atoms with van der Waals surface area (Å²) in [6, 6.07) is 7.17. The van der Waals surface area contributed by atoms with Crippen LogP contribution in [0.2, 0.25) is 0 Å². The molecule has 1 aromatic heterocycles. The van der Waals surface area contributed by atoms with Crippen LogP contribution in [0.5, 0.6) is 0 Å². The van der Waals surface area contributed by atoms with Crippen LogP contribution < -0.4 is 10.6 Å². The molecule has 214 valence electrons. The van der Waals surface area contributed by atoms with Gasteiger partial charge in [0.25, 0.3) is 0 Å². The topological polar surface area (TPSA) is 117 Å². The van der Waals surface area contributed by atoms with Crippen LogP contribution in [-0.2, 0) is 25.3 Å². The van der Waals surface area contributed by atoms with Gasteiger partial charge in [0.1, 0.15) is 0 Å². The molecular formula is C29H32F3N3O5. The zero-order valence-electron chi connectivity index (χ0n) is 22.3. The van der Waals surface area contributed by atoms with E-state index in [4.69, 9.17) is 4.74 Å². The van der Waals surface area contributed by atoms with E-state index in [9.17, 15) is 32.3 Å². The molecule has 1 fully saturated rings. The number of hydrogen-bond donors (Lipinski definition) is 3. The fourth-order valence-corrected chi connectivity index (χ4v) is 4.07. The molecule has 0 bridgehead atoms. The molecule has 1 aliphatic heterocycles. The molecule has 3 rings (SSSR count). The molecule has 1 aromatic carbocycles. The predicted molar refractivity (Wildman–Crippen MR) is 143 cm³/mol. The molecule has 1 saturated heterocycles. The third kappa shape index (κ3) is 9.76. The maximum absolute atomic E-state index is 13.3. The molecule has 2 amide bonds. The van der Waals surface area contributed by atoms with Gasteiger partial charge in [-0.2, -0.15) is 13.2 Å². The Bertz CT molecular complexity index is 1260. The van der Waals surface area contributed by atoms with Gasteiger partial charge in [-0.15, -0.1) is 12.3 Å². The summed E-state index contributed by atoms with van der Waals surface area (Å²) >= 11 is 0. The number of esters is 1. The lowest BCUT2D eigenvalue weighted by atomic mass is 9.97. The van der Waals surface area contributed by atoms with Gasteiger partial charge in [0.05, 0.1) is 17.9 Å². The highest BCUT2D eigenvalue weighted by molar-refractivity contribution is 5.97. The Labute approximate surface area is 230 Å². The number of ether oxygens (including phenoxy) is 1. The number of Topliss-reactive ketones (excluding diaryl/α,β-unsaturated/α-hetero) is 1. The van der Waals surface area contributed by atoms with E-state index in [2.05, 4.69) is 28.0 Å². The molecule has 0 saturated carbocycles. The van der Waals surface area contributed by atoms with Gasteiger partial charge in [-0.3, -0.25) is 14.4 Å². The van der Waals surface area contributed by atoms with Gasteiger partial charge >= 0.3 is 12.1 Å². The van der Waals surface area contributed by atoms with Crippen LogP contribution in [0.25, 0.3) is 11.3 Å². The Balaban J connectivity index is 0.00000178. The Morgan fingerprint density at radius 1 is 1.20 bits per heavy atom. The first-order valence-electron chi connectivity index (χ1n) is 12.7. The van der Waals surface area contributed by atoms with Gasteiger partial charge in [-0.25, -0.2) is 4.79 Å². The minimum atomic E-state index is -4.55. The maximum atomic E-state index is 13.3. The second-order valence-electron chi connectivity index (χ2n) is 8.84. The lowest BCUT2D eigenvalue weighted by molar-refractivity contribution is -0.138. The number of hydrogen-bond acceptors (Lipinski definition) is 5. The average Bonchev–Trinajstić information content (AvgIpc) is 3.55. The lowest BCUT2D eigenvalue weighted by Crippen LogP contribution is -2.36. The molecular weight excluding hydrogens is 527 g/mol. The number of aromatic nitrogens is 1. The number of amides is 2. The summed E-state index contributed by atoms with van der Waals surface area (Å²) < 4.78 is 44.8. The summed E-state index contributed by atoms with van der Waals surface area (Å²) in [5, 5.41) is 5.44. The zero-order valence-corrected chi connectivity index (χ0v) is 22.3. The quantitative estimate of drug-likeness (QED) is 0.163. The number of carbonyl (C=O) groups is 4. The third-order valence-corrected chi connectivity index (χ3v) is 5.89. The van der Waals surface area contributed by atoms with Crippen molar-refractivity contribution >= 4 is 23.6 Å². The second-order valence-corrected chi connectivity index (χ2v) is 8.84. The first-order chi connectivity index (χ1) is 19.0. The van der Waals surface area contributed by atoms with E-state index in [0.29, 0.717) is 13.0 Å². The fraction of sp³-hybridized carbons (Fsp3) is 0.379. The fourth-order valence-electron chi connectivity index (χ4n) is 4.07. The lowest BCUT2D eigenvalue weighted by Gasteiger charge is -2.18. The number of aromatic amines is 1.